The van der Waals surface area contributed by atoms with E-state index in [-0.39, 0.29) is 32.7 Å². The first-order valence-electron chi connectivity index (χ1n) is 1.24. The molecule has 33 valence electrons. The second-order valence-electron chi connectivity index (χ2n) is 0.677. The maximum absolute atomic E-state index is 4.47. The first-order valence-corrected chi connectivity index (χ1v) is 1.65. The van der Waals surface area contributed by atoms with Gasteiger partial charge >= 0.3 is 0 Å². The Kier molecular flexibility index (Phi) is 9.75. The second kappa shape index (κ2) is 5.86. The van der Waals surface area contributed by atoms with Crippen molar-refractivity contribution < 1.29 is 32.7 Å². The molecule has 0 rings (SSSR count). The number of aliphatic imine (C=N–C) groups is 1. The summed E-state index contributed by atoms with van der Waals surface area (Å²) in [5.41, 5.74) is 0. The van der Waals surface area contributed by atoms with Gasteiger partial charge in [0.05, 0.1) is 0 Å². The average Bonchev–Trinajstić information content (AvgIpc) is 1.38. The Labute approximate surface area is 68.9 Å². The Morgan fingerprint density at radius 2 is 2.00 bits per heavy atom. The molecular formula is C3H5NSY-2. The van der Waals surface area contributed by atoms with Crippen molar-refractivity contribution in [3.8, 4) is 0 Å². The van der Waals surface area contributed by atoms with E-state index in [0.29, 0.717) is 5.04 Å². The van der Waals surface area contributed by atoms with Crippen LogP contribution in [0, 0.1) is 7.05 Å². The zero-order valence-electron chi connectivity index (χ0n) is 3.64. The quantitative estimate of drug-likeness (QED) is 0.229. The molecule has 3 heteroatoms. The number of hydrogen-bond donors (Lipinski definition) is 0. The van der Waals surface area contributed by atoms with Gasteiger partial charge in [0, 0.05) is 32.7 Å². The minimum Gasteiger partial charge on any atom is -0.882 e. The molecule has 0 aromatic rings. The average molecular weight is 176 g/mol. The molecule has 0 bridgehead atoms. The van der Waals surface area contributed by atoms with Gasteiger partial charge in [-0.05, 0) is 0 Å². The molecule has 0 N–H and O–H groups in total. The van der Waals surface area contributed by atoms with Gasteiger partial charge in [0.25, 0.3) is 0 Å². The molecule has 0 saturated heterocycles. The van der Waals surface area contributed by atoms with Gasteiger partial charge in [-0.15, -0.1) is 6.92 Å². The zero-order valence-corrected chi connectivity index (χ0v) is 7.29. The Bertz CT molecular complexity index is 48.8. The Balaban J connectivity index is 0. The Morgan fingerprint density at radius 1 is 1.83 bits per heavy atom. The summed E-state index contributed by atoms with van der Waals surface area (Å²) < 4.78 is 0. The maximum Gasteiger partial charge on any atom is 0 e. The standard InChI is InChI=1S/C3H6NS.Y/c1-3(5)4-2;/h2H2,1H3,(H,4,5);/q-1;/p-1. The van der Waals surface area contributed by atoms with Crippen molar-refractivity contribution in [2.45, 2.75) is 6.92 Å². The van der Waals surface area contributed by atoms with Gasteiger partial charge in [-0.2, -0.15) is 7.05 Å². The molecule has 0 atom stereocenters. The van der Waals surface area contributed by atoms with Crippen LogP contribution in [0.15, 0.2) is 4.99 Å². The predicted molar refractivity (Wildman–Crippen MR) is 25.8 cm³/mol. The normalized spacial score (nSPS) is 9.83. The number of nitrogens with zero attached hydrogens (tertiary/aromatic N) is 1. The van der Waals surface area contributed by atoms with E-state index < -0.39 is 0 Å². The first-order chi connectivity index (χ1) is 2.27. The van der Waals surface area contributed by atoms with Crippen LogP contribution >= 0.6 is 0 Å². The zero-order chi connectivity index (χ0) is 4.28. The van der Waals surface area contributed by atoms with Gasteiger partial charge in [0.15, 0.2) is 0 Å². The number of rotatable bonds is 0. The van der Waals surface area contributed by atoms with Crippen LogP contribution in [0.5, 0.6) is 0 Å². The molecule has 0 saturated carbocycles. The molecule has 0 aromatic heterocycles. The molecule has 0 amide bonds. The van der Waals surface area contributed by atoms with Crippen molar-refractivity contribution in [1.29, 1.82) is 0 Å². The molecule has 0 aromatic carbocycles. The second-order valence-corrected chi connectivity index (χ2v) is 1.27. The Morgan fingerprint density at radius 3 is 2.00 bits per heavy atom. The molecule has 6 heavy (non-hydrogen) atoms. The van der Waals surface area contributed by atoms with E-state index in [1.54, 1.807) is 6.92 Å². The van der Waals surface area contributed by atoms with Crippen LogP contribution in [0.2, 0.25) is 0 Å². The molecule has 0 aliphatic rings. The van der Waals surface area contributed by atoms with Gasteiger partial charge in [-0.3, -0.25) is 5.04 Å². The van der Waals surface area contributed by atoms with Crippen LogP contribution in [0.3, 0.4) is 0 Å². The summed E-state index contributed by atoms with van der Waals surface area (Å²) in [6, 6.07) is 0. The van der Waals surface area contributed by atoms with Crippen molar-refractivity contribution in [3.05, 3.63) is 7.05 Å². The van der Waals surface area contributed by atoms with Crippen LogP contribution in [0.25, 0.3) is 0 Å². The summed E-state index contributed by atoms with van der Waals surface area (Å²) in [7, 11) is 3.17. The van der Waals surface area contributed by atoms with Crippen molar-refractivity contribution >= 4 is 17.7 Å². The van der Waals surface area contributed by atoms with Crippen LogP contribution in [-0.2, 0) is 45.3 Å². The molecule has 0 aliphatic heterocycles. The molecule has 0 heterocycles. The largest absolute Gasteiger partial charge is 0.882 e. The minimum atomic E-state index is 0. The smallest absolute Gasteiger partial charge is 0 e. The predicted octanol–water partition coefficient (Wildman–Crippen LogP) is 0.741. The van der Waals surface area contributed by atoms with E-state index in [9.17, 15) is 0 Å². The van der Waals surface area contributed by atoms with Gasteiger partial charge in [0.2, 0.25) is 0 Å². The molecule has 0 fully saturated rings. The fourth-order valence-corrected chi connectivity index (χ4v) is 0. The molecule has 0 unspecified atom stereocenters. The van der Waals surface area contributed by atoms with Gasteiger partial charge in [-0.1, -0.05) is 0 Å². The van der Waals surface area contributed by atoms with Crippen molar-refractivity contribution in [2.24, 2.45) is 4.99 Å². The summed E-state index contributed by atoms with van der Waals surface area (Å²) in [4.78, 5) is 3.37. The fourth-order valence-electron chi connectivity index (χ4n) is 0. The summed E-state index contributed by atoms with van der Waals surface area (Å²) in [5, 5.41) is 0.602. The third-order valence-electron chi connectivity index (χ3n) is 0.223. The van der Waals surface area contributed by atoms with Gasteiger partial charge in [0.1, 0.15) is 0 Å². The summed E-state index contributed by atoms with van der Waals surface area (Å²) in [6.07, 6.45) is 0. The summed E-state index contributed by atoms with van der Waals surface area (Å²) in [5.74, 6) is 0. The van der Waals surface area contributed by atoms with Crippen molar-refractivity contribution in [3.63, 3.8) is 0 Å². The third kappa shape index (κ3) is 8.85. The van der Waals surface area contributed by atoms with Crippen LogP contribution in [-0.4, -0.2) is 5.04 Å². The van der Waals surface area contributed by atoms with Gasteiger partial charge in [-0.25, -0.2) is 0 Å². The van der Waals surface area contributed by atoms with Crippen LogP contribution < -0.4 is 0 Å². The van der Waals surface area contributed by atoms with Crippen molar-refractivity contribution in [1.82, 2.24) is 0 Å². The maximum atomic E-state index is 4.47. The Hall–Kier alpha value is 0.864. The summed E-state index contributed by atoms with van der Waals surface area (Å²) in [6.45, 7) is 1.72. The van der Waals surface area contributed by atoms with E-state index in [0.717, 1.165) is 0 Å². The van der Waals surface area contributed by atoms with E-state index in [1.165, 1.54) is 0 Å². The molecule has 1 nitrogen and oxygen atoms in total. The van der Waals surface area contributed by atoms with Crippen LogP contribution in [0.1, 0.15) is 6.92 Å². The number of hydrogen-bond acceptors (Lipinski definition) is 2. The van der Waals surface area contributed by atoms with E-state index in [2.05, 4.69) is 24.7 Å². The molecule has 0 aliphatic carbocycles. The monoisotopic (exact) mass is 176 g/mol. The van der Waals surface area contributed by atoms with E-state index >= 15 is 0 Å². The topological polar surface area (TPSA) is 12.4 Å². The fraction of sp³-hybridized carbons (Fsp3) is 0.333. The van der Waals surface area contributed by atoms with Gasteiger partial charge < -0.3 is 17.6 Å². The molecular weight excluding hydrogens is 171 g/mol. The van der Waals surface area contributed by atoms with Crippen LogP contribution in [0.4, 0.5) is 0 Å². The molecule has 0 spiro atoms. The summed E-state index contributed by atoms with van der Waals surface area (Å²) >= 11 is 4.47. The minimum absolute atomic E-state index is 0. The van der Waals surface area contributed by atoms with E-state index in [4.69, 9.17) is 0 Å². The van der Waals surface area contributed by atoms with E-state index in [1.807, 2.05) is 0 Å². The SMILES string of the molecule is [CH2-]N=C(C)[S-].[Y]. The third-order valence-corrected chi connectivity index (χ3v) is 0.352. The first kappa shape index (κ1) is 9.98. The molecule has 1 radical (unpaired) electrons. The van der Waals surface area contributed by atoms with Crippen molar-refractivity contribution in [2.75, 3.05) is 0 Å².